The minimum Gasteiger partial charge on any atom is -0.462 e. The molecule has 1 saturated heterocycles. The molecule has 0 saturated carbocycles. The molecular formula is C14H27NO3. The van der Waals surface area contributed by atoms with Gasteiger partial charge in [0.1, 0.15) is 12.1 Å². The van der Waals surface area contributed by atoms with Gasteiger partial charge >= 0.3 is 5.97 Å². The largest absolute Gasteiger partial charge is 0.462 e. The highest BCUT2D eigenvalue weighted by atomic mass is 16.6. The second-order valence-corrected chi connectivity index (χ2v) is 4.96. The highest BCUT2D eigenvalue weighted by molar-refractivity contribution is 5.81. The number of hydrogen-bond acceptors (Lipinski definition) is 4. The van der Waals surface area contributed by atoms with Crippen molar-refractivity contribution in [2.24, 2.45) is 0 Å². The van der Waals surface area contributed by atoms with Crippen LogP contribution in [0.2, 0.25) is 0 Å². The molecule has 1 N–H and O–H groups in total. The van der Waals surface area contributed by atoms with E-state index in [1.807, 2.05) is 0 Å². The lowest BCUT2D eigenvalue weighted by molar-refractivity contribution is -0.153. The van der Waals surface area contributed by atoms with Gasteiger partial charge in [-0.2, -0.15) is 0 Å². The Hall–Kier alpha value is -0.610. The zero-order chi connectivity index (χ0) is 13.3. The lowest BCUT2D eigenvalue weighted by atomic mass is 9.92. The summed E-state index contributed by atoms with van der Waals surface area (Å²) in [6.07, 6.45) is 6.01. The zero-order valence-electron chi connectivity index (χ0n) is 11.8. The van der Waals surface area contributed by atoms with Gasteiger partial charge in [0.05, 0.1) is 6.61 Å². The van der Waals surface area contributed by atoms with Crippen molar-refractivity contribution < 1.29 is 14.3 Å². The second kappa shape index (κ2) is 8.48. The smallest absolute Gasteiger partial charge is 0.326 e. The Kier molecular flexibility index (Phi) is 7.28. The monoisotopic (exact) mass is 257 g/mol. The quantitative estimate of drug-likeness (QED) is 0.508. The first-order valence-electron chi connectivity index (χ1n) is 7.25. The van der Waals surface area contributed by atoms with Crippen LogP contribution in [0.25, 0.3) is 0 Å². The van der Waals surface area contributed by atoms with Gasteiger partial charge in [0.25, 0.3) is 0 Å². The lowest BCUT2D eigenvalue weighted by Crippen LogP contribution is -2.48. The number of nitrogens with one attached hydrogen (secondary N) is 1. The van der Waals surface area contributed by atoms with Gasteiger partial charge in [-0.05, 0) is 32.2 Å². The van der Waals surface area contributed by atoms with Crippen LogP contribution in [0.1, 0.15) is 52.4 Å². The SMILES string of the molecule is CCCCOCCOC(=O)C1(CCC)CCCN1. The molecule has 1 heterocycles. The molecule has 1 atom stereocenters. The molecule has 18 heavy (non-hydrogen) atoms. The molecule has 1 aliphatic heterocycles. The summed E-state index contributed by atoms with van der Waals surface area (Å²) in [7, 11) is 0. The van der Waals surface area contributed by atoms with Crippen molar-refractivity contribution in [3.8, 4) is 0 Å². The van der Waals surface area contributed by atoms with Crippen LogP contribution in [0.4, 0.5) is 0 Å². The molecule has 106 valence electrons. The Balaban J connectivity index is 2.21. The highest BCUT2D eigenvalue weighted by Gasteiger charge is 2.41. The van der Waals surface area contributed by atoms with Crippen LogP contribution in [0.3, 0.4) is 0 Å². The number of rotatable bonds is 9. The van der Waals surface area contributed by atoms with E-state index in [0.717, 1.165) is 51.7 Å². The van der Waals surface area contributed by atoms with E-state index in [4.69, 9.17) is 9.47 Å². The fraction of sp³-hybridized carbons (Fsp3) is 0.929. The number of unbranched alkanes of at least 4 members (excludes halogenated alkanes) is 1. The molecule has 0 aromatic heterocycles. The average molecular weight is 257 g/mol. The summed E-state index contributed by atoms with van der Waals surface area (Å²) in [6, 6.07) is 0. The van der Waals surface area contributed by atoms with Crippen LogP contribution in [-0.4, -0.2) is 37.9 Å². The predicted molar refractivity (Wildman–Crippen MR) is 71.6 cm³/mol. The number of esters is 1. The molecule has 0 bridgehead atoms. The maximum Gasteiger partial charge on any atom is 0.326 e. The van der Waals surface area contributed by atoms with Gasteiger partial charge in [-0.1, -0.05) is 26.7 Å². The summed E-state index contributed by atoms with van der Waals surface area (Å²) in [5, 5.41) is 3.32. The van der Waals surface area contributed by atoms with Gasteiger partial charge in [-0.15, -0.1) is 0 Å². The van der Waals surface area contributed by atoms with Crippen molar-refractivity contribution in [2.45, 2.75) is 57.9 Å². The lowest BCUT2D eigenvalue weighted by Gasteiger charge is -2.26. The molecule has 0 radical (unpaired) electrons. The van der Waals surface area contributed by atoms with Crippen molar-refractivity contribution in [1.29, 1.82) is 0 Å². The molecule has 0 aliphatic carbocycles. The Morgan fingerprint density at radius 2 is 2.06 bits per heavy atom. The van der Waals surface area contributed by atoms with E-state index in [1.165, 1.54) is 0 Å². The Morgan fingerprint density at radius 3 is 2.67 bits per heavy atom. The summed E-state index contributed by atoms with van der Waals surface area (Å²) >= 11 is 0. The van der Waals surface area contributed by atoms with E-state index in [-0.39, 0.29) is 5.97 Å². The third-order valence-corrected chi connectivity index (χ3v) is 3.41. The zero-order valence-corrected chi connectivity index (χ0v) is 11.8. The first kappa shape index (κ1) is 15.4. The Bertz CT molecular complexity index is 237. The van der Waals surface area contributed by atoms with Crippen molar-refractivity contribution in [3.63, 3.8) is 0 Å². The minimum absolute atomic E-state index is 0.0964. The molecule has 1 unspecified atom stereocenters. The van der Waals surface area contributed by atoms with E-state index in [1.54, 1.807) is 0 Å². The second-order valence-electron chi connectivity index (χ2n) is 4.96. The van der Waals surface area contributed by atoms with E-state index in [0.29, 0.717) is 13.2 Å². The first-order valence-corrected chi connectivity index (χ1v) is 7.25. The molecule has 0 spiro atoms. The number of ether oxygens (including phenoxy) is 2. The minimum atomic E-state index is -0.418. The maximum absolute atomic E-state index is 12.1. The van der Waals surface area contributed by atoms with Crippen LogP contribution in [0, 0.1) is 0 Å². The first-order chi connectivity index (χ1) is 8.75. The fourth-order valence-electron chi connectivity index (χ4n) is 2.40. The van der Waals surface area contributed by atoms with Crippen LogP contribution in [0.5, 0.6) is 0 Å². The maximum atomic E-state index is 12.1. The average Bonchev–Trinajstić information content (AvgIpc) is 2.83. The molecule has 0 amide bonds. The molecular weight excluding hydrogens is 230 g/mol. The molecule has 1 fully saturated rings. The molecule has 4 heteroatoms. The molecule has 0 aromatic carbocycles. The van der Waals surface area contributed by atoms with Crippen LogP contribution < -0.4 is 5.32 Å². The number of carbonyl (C=O) groups is 1. The summed E-state index contributed by atoms with van der Waals surface area (Å²) in [4.78, 5) is 12.1. The highest BCUT2D eigenvalue weighted by Crippen LogP contribution is 2.26. The number of carbonyl (C=O) groups excluding carboxylic acids is 1. The van der Waals surface area contributed by atoms with Crippen molar-refractivity contribution in [2.75, 3.05) is 26.4 Å². The van der Waals surface area contributed by atoms with Crippen LogP contribution in [-0.2, 0) is 14.3 Å². The van der Waals surface area contributed by atoms with Gasteiger partial charge in [0.2, 0.25) is 0 Å². The normalized spacial score (nSPS) is 23.2. The fourth-order valence-corrected chi connectivity index (χ4v) is 2.40. The summed E-state index contributed by atoms with van der Waals surface area (Å²) in [6.45, 7) is 6.78. The summed E-state index contributed by atoms with van der Waals surface area (Å²) in [5.41, 5.74) is -0.418. The van der Waals surface area contributed by atoms with E-state index in [2.05, 4.69) is 19.2 Å². The third kappa shape index (κ3) is 4.58. The predicted octanol–water partition coefficient (Wildman–Crippen LogP) is 2.27. The van der Waals surface area contributed by atoms with E-state index in [9.17, 15) is 4.79 Å². The Labute approximate surface area is 110 Å². The molecule has 1 rings (SSSR count). The van der Waals surface area contributed by atoms with Gasteiger partial charge in [0, 0.05) is 6.61 Å². The standard InChI is InChI=1S/C14H27NO3/c1-3-5-10-17-11-12-18-13(16)14(7-4-2)8-6-9-15-14/h15H,3-12H2,1-2H3. The van der Waals surface area contributed by atoms with Gasteiger partial charge in [-0.3, -0.25) is 4.79 Å². The summed E-state index contributed by atoms with van der Waals surface area (Å²) < 4.78 is 10.7. The molecule has 4 nitrogen and oxygen atoms in total. The van der Waals surface area contributed by atoms with Crippen molar-refractivity contribution in [1.82, 2.24) is 5.32 Å². The van der Waals surface area contributed by atoms with Gasteiger partial charge in [-0.25, -0.2) is 0 Å². The molecule has 0 aromatic rings. The van der Waals surface area contributed by atoms with Crippen molar-refractivity contribution >= 4 is 5.97 Å². The third-order valence-electron chi connectivity index (χ3n) is 3.41. The molecule has 1 aliphatic rings. The van der Waals surface area contributed by atoms with E-state index < -0.39 is 5.54 Å². The van der Waals surface area contributed by atoms with Gasteiger partial charge in [0.15, 0.2) is 0 Å². The van der Waals surface area contributed by atoms with Gasteiger partial charge < -0.3 is 14.8 Å². The van der Waals surface area contributed by atoms with E-state index >= 15 is 0 Å². The van der Waals surface area contributed by atoms with Crippen LogP contribution in [0.15, 0.2) is 0 Å². The summed E-state index contributed by atoms with van der Waals surface area (Å²) in [5.74, 6) is -0.0964. The van der Waals surface area contributed by atoms with Crippen molar-refractivity contribution in [3.05, 3.63) is 0 Å². The Morgan fingerprint density at radius 1 is 1.22 bits per heavy atom. The topological polar surface area (TPSA) is 47.6 Å². The number of hydrogen-bond donors (Lipinski definition) is 1. The van der Waals surface area contributed by atoms with Crippen LogP contribution >= 0.6 is 0 Å².